The van der Waals surface area contributed by atoms with Crippen molar-refractivity contribution in [2.45, 2.75) is 59.2 Å². The van der Waals surface area contributed by atoms with Gasteiger partial charge >= 0.3 is 0 Å². The van der Waals surface area contributed by atoms with Gasteiger partial charge in [-0.05, 0) is 39.4 Å². The number of rotatable bonds is 6. The third-order valence-electron chi connectivity index (χ3n) is 4.45. The quantitative estimate of drug-likeness (QED) is 0.865. The number of pyridine rings is 1. The normalized spacial score (nSPS) is 18.6. The molecule has 0 unspecified atom stereocenters. The van der Waals surface area contributed by atoms with Gasteiger partial charge < -0.3 is 15.4 Å². The van der Waals surface area contributed by atoms with E-state index in [-0.39, 0.29) is 6.10 Å². The first-order valence-corrected chi connectivity index (χ1v) is 9.45. The second-order valence-electron chi connectivity index (χ2n) is 6.80. The zero-order valence-corrected chi connectivity index (χ0v) is 15.8. The molecule has 0 radical (unpaired) electrons. The lowest BCUT2D eigenvalue weighted by Crippen LogP contribution is -2.55. The van der Waals surface area contributed by atoms with Crippen LogP contribution in [0.1, 0.15) is 45.4 Å². The van der Waals surface area contributed by atoms with Crippen molar-refractivity contribution in [1.29, 1.82) is 0 Å². The first kappa shape index (κ1) is 19.2. The molecule has 0 atom stereocenters. The third kappa shape index (κ3) is 5.16. The number of ether oxygens (including phenoxy) is 1. The van der Waals surface area contributed by atoms with E-state index in [1.165, 1.54) is 24.2 Å². The zero-order valence-electron chi connectivity index (χ0n) is 15.8. The van der Waals surface area contributed by atoms with Gasteiger partial charge in [-0.1, -0.05) is 13.8 Å². The van der Waals surface area contributed by atoms with Crippen LogP contribution in [0, 0.1) is 0 Å². The fourth-order valence-electron chi connectivity index (χ4n) is 3.33. The van der Waals surface area contributed by atoms with Gasteiger partial charge in [0.1, 0.15) is 5.75 Å². The van der Waals surface area contributed by atoms with Crippen molar-refractivity contribution in [2.24, 2.45) is 5.73 Å². The van der Waals surface area contributed by atoms with E-state index in [9.17, 15) is 0 Å². The average molecular weight is 335 g/mol. The highest BCUT2D eigenvalue weighted by atomic mass is 16.5. The lowest BCUT2D eigenvalue weighted by molar-refractivity contribution is 0.137. The molecule has 136 valence electrons. The van der Waals surface area contributed by atoms with Crippen molar-refractivity contribution >= 4 is 0 Å². The summed E-state index contributed by atoms with van der Waals surface area (Å²) in [5.41, 5.74) is 8.32. The molecule has 5 heteroatoms. The van der Waals surface area contributed by atoms with Crippen LogP contribution in [0.4, 0.5) is 0 Å². The third-order valence-corrected chi connectivity index (χ3v) is 4.45. The predicted molar refractivity (Wildman–Crippen MR) is 99.4 cm³/mol. The number of hydrogen-bond donors (Lipinski definition) is 1. The fraction of sp³-hybridized carbons (Fsp3) is 0.737. The topological polar surface area (TPSA) is 54.6 Å². The smallest absolute Gasteiger partial charge is 0.127 e. The molecule has 1 saturated heterocycles. The van der Waals surface area contributed by atoms with Crippen molar-refractivity contribution in [1.82, 2.24) is 14.8 Å². The minimum Gasteiger partial charge on any atom is -0.491 e. The second-order valence-corrected chi connectivity index (χ2v) is 6.80. The van der Waals surface area contributed by atoms with Crippen LogP contribution in [-0.2, 0) is 13.0 Å². The molecular formula is C19H34N4O. The molecule has 2 aliphatic rings. The van der Waals surface area contributed by atoms with Gasteiger partial charge in [0.05, 0.1) is 6.10 Å². The Balaban J connectivity index is 0.00000100. The first-order chi connectivity index (χ1) is 11.6. The van der Waals surface area contributed by atoms with Crippen LogP contribution in [-0.4, -0.2) is 59.7 Å². The fourth-order valence-corrected chi connectivity index (χ4v) is 3.33. The van der Waals surface area contributed by atoms with E-state index in [2.05, 4.69) is 28.6 Å². The van der Waals surface area contributed by atoms with Crippen molar-refractivity contribution in [3.05, 3.63) is 23.5 Å². The van der Waals surface area contributed by atoms with Crippen molar-refractivity contribution < 1.29 is 4.74 Å². The Hall–Kier alpha value is -1.17. The van der Waals surface area contributed by atoms with Crippen LogP contribution in [0.25, 0.3) is 0 Å². The Labute approximate surface area is 147 Å². The summed E-state index contributed by atoms with van der Waals surface area (Å²) in [4.78, 5) is 9.50. The Kier molecular flexibility index (Phi) is 7.46. The van der Waals surface area contributed by atoms with E-state index < -0.39 is 0 Å². The number of fused-ring (bicyclic) bond motifs is 1. The summed E-state index contributed by atoms with van der Waals surface area (Å²) in [7, 11) is 0. The molecule has 3 rings (SSSR count). The highest BCUT2D eigenvalue weighted by molar-refractivity contribution is 5.37. The second kappa shape index (κ2) is 9.35. The molecule has 0 amide bonds. The summed E-state index contributed by atoms with van der Waals surface area (Å²) in [6.07, 6.45) is 4.32. The Morgan fingerprint density at radius 2 is 1.96 bits per heavy atom. The van der Waals surface area contributed by atoms with Gasteiger partial charge in [0.25, 0.3) is 0 Å². The van der Waals surface area contributed by atoms with Crippen LogP contribution in [0.3, 0.4) is 0 Å². The van der Waals surface area contributed by atoms with E-state index in [0.29, 0.717) is 6.04 Å². The van der Waals surface area contributed by atoms with Gasteiger partial charge in [0, 0.05) is 56.1 Å². The molecule has 0 spiro atoms. The van der Waals surface area contributed by atoms with Crippen molar-refractivity contribution in [3.8, 4) is 5.75 Å². The van der Waals surface area contributed by atoms with Crippen LogP contribution >= 0.6 is 0 Å². The van der Waals surface area contributed by atoms with Gasteiger partial charge in [0.2, 0.25) is 0 Å². The standard InChI is InChI=1S/C17H28N4O.C2H6/c1-13(2)22-17-4-6-19-16-5-9-20(12-15(16)17)7-3-8-21-10-14(18)11-21;1-2/h4,6,13-14H,3,5,7-12,18H2,1-2H3;1-2H3. The van der Waals surface area contributed by atoms with Gasteiger partial charge in [-0.15, -0.1) is 0 Å². The molecule has 5 nitrogen and oxygen atoms in total. The number of aromatic nitrogens is 1. The predicted octanol–water partition coefficient (Wildman–Crippen LogP) is 2.29. The maximum absolute atomic E-state index is 5.95. The van der Waals surface area contributed by atoms with Gasteiger partial charge in [-0.2, -0.15) is 0 Å². The summed E-state index contributed by atoms with van der Waals surface area (Å²) < 4.78 is 5.95. The van der Waals surface area contributed by atoms with E-state index in [1.54, 1.807) is 0 Å². The van der Waals surface area contributed by atoms with E-state index >= 15 is 0 Å². The molecule has 0 saturated carbocycles. The lowest BCUT2D eigenvalue weighted by Gasteiger charge is -2.37. The SMILES string of the molecule is CC.CC(C)Oc1ccnc2c1CN(CCCN1CC(N)C1)CC2. The maximum Gasteiger partial charge on any atom is 0.127 e. The van der Waals surface area contributed by atoms with E-state index in [0.717, 1.165) is 44.9 Å². The van der Waals surface area contributed by atoms with E-state index in [4.69, 9.17) is 10.5 Å². The minimum absolute atomic E-state index is 0.206. The van der Waals surface area contributed by atoms with Crippen LogP contribution < -0.4 is 10.5 Å². The van der Waals surface area contributed by atoms with Gasteiger partial charge in [-0.3, -0.25) is 9.88 Å². The summed E-state index contributed by atoms with van der Waals surface area (Å²) >= 11 is 0. The molecule has 0 aromatic carbocycles. The molecule has 2 N–H and O–H groups in total. The largest absolute Gasteiger partial charge is 0.491 e. The number of likely N-dealkylation sites (tertiary alicyclic amines) is 1. The minimum atomic E-state index is 0.206. The van der Waals surface area contributed by atoms with Crippen molar-refractivity contribution in [2.75, 3.05) is 32.7 Å². The summed E-state index contributed by atoms with van der Waals surface area (Å²) in [6, 6.07) is 2.41. The Morgan fingerprint density at radius 3 is 2.62 bits per heavy atom. The first-order valence-electron chi connectivity index (χ1n) is 9.45. The van der Waals surface area contributed by atoms with Crippen LogP contribution in [0.15, 0.2) is 12.3 Å². The Bertz CT molecular complexity index is 500. The number of nitrogens with zero attached hydrogens (tertiary/aromatic N) is 3. The maximum atomic E-state index is 5.95. The Morgan fingerprint density at radius 1 is 1.25 bits per heavy atom. The molecule has 0 bridgehead atoms. The van der Waals surface area contributed by atoms with Crippen LogP contribution in [0.2, 0.25) is 0 Å². The zero-order chi connectivity index (χ0) is 17.5. The molecule has 3 heterocycles. The van der Waals surface area contributed by atoms with Crippen LogP contribution in [0.5, 0.6) is 5.75 Å². The van der Waals surface area contributed by atoms with E-state index in [1.807, 2.05) is 26.1 Å². The molecule has 1 fully saturated rings. The highest BCUT2D eigenvalue weighted by Gasteiger charge is 2.24. The lowest BCUT2D eigenvalue weighted by atomic mass is 10.0. The number of hydrogen-bond acceptors (Lipinski definition) is 5. The molecular weight excluding hydrogens is 300 g/mol. The molecule has 24 heavy (non-hydrogen) atoms. The molecule has 1 aromatic heterocycles. The highest BCUT2D eigenvalue weighted by Crippen LogP contribution is 2.27. The summed E-state index contributed by atoms with van der Waals surface area (Å²) in [6.45, 7) is 14.7. The number of nitrogens with two attached hydrogens (primary N) is 1. The molecule has 0 aliphatic carbocycles. The van der Waals surface area contributed by atoms with Gasteiger partial charge in [-0.25, -0.2) is 0 Å². The average Bonchev–Trinajstić information content (AvgIpc) is 2.55. The summed E-state index contributed by atoms with van der Waals surface area (Å²) in [5, 5.41) is 0. The van der Waals surface area contributed by atoms with Crippen molar-refractivity contribution in [3.63, 3.8) is 0 Å². The van der Waals surface area contributed by atoms with Gasteiger partial charge in [0.15, 0.2) is 0 Å². The summed E-state index contributed by atoms with van der Waals surface area (Å²) in [5.74, 6) is 1.01. The molecule has 1 aromatic rings. The monoisotopic (exact) mass is 334 g/mol. The molecule has 2 aliphatic heterocycles.